The summed E-state index contributed by atoms with van der Waals surface area (Å²) in [7, 11) is 3.04. The summed E-state index contributed by atoms with van der Waals surface area (Å²) in [6, 6.07) is 7.88. The third-order valence-corrected chi connectivity index (χ3v) is 4.33. The van der Waals surface area contributed by atoms with Crippen LogP contribution in [0.15, 0.2) is 48.9 Å². The van der Waals surface area contributed by atoms with E-state index < -0.39 is 0 Å². The summed E-state index contributed by atoms with van der Waals surface area (Å²) in [6.45, 7) is 1.84. The topological polar surface area (TPSA) is 87.8 Å². The molecule has 0 saturated carbocycles. The number of nitrogens with zero attached hydrogens (tertiary/aromatic N) is 6. The Morgan fingerprint density at radius 1 is 0.862 bits per heavy atom. The molecule has 0 fully saturated rings. The molecule has 3 heterocycles. The molecule has 0 aliphatic rings. The highest BCUT2D eigenvalue weighted by Gasteiger charge is 2.16. The summed E-state index contributed by atoms with van der Waals surface area (Å²) < 4.78 is 25.6. The van der Waals surface area contributed by atoms with Crippen molar-refractivity contribution in [2.75, 3.05) is 14.2 Å². The molecular formula is C20H17FN6O2. The van der Waals surface area contributed by atoms with E-state index in [4.69, 9.17) is 9.47 Å². The third-order valence-electron chi connectivity index (χ3n) is 4.33. The van der Waals surface area contributed by atoms with Crippen molar-refractivity contribution in [3.63, 3.8) is 0 Å². The van der Waals surface area contributed by atoms with Crippen LogP contribution in [-0.2, 0) is 0 Å². The fourth-order valence-electron chi connectivity index (χ4n) is 2.92. The van der Waals surface area contributed by atoms with Gasteiger partial charge in [-0.05, 0) is 25.1 Å². The van der Waals surface area contributed by atoms with Crippen LogP contribution in [0.3, 0.4) is 0 Å². The molecule has 0 aliphatic heterocycles. The molecule has 0 bridgehead atoms. The van der Waals surface area contributed by atoms with Gasteiger partial charge in [0.25, 0.3) is 0 Å². The number of pyridine rings is 1. The van der Waals surface area contributed by atoms with Crippen molar-refractivity contribution in [1.29, 1.82) is 0 Å². The fraction of sp³-hybridized carbons (Fsp3) is 0.150. The van der Waals surface area contributed by atoms with E-state index in [9.17, 15) is 4.39 Å². The van der Waals surface area contributed by atoms with E-state index in [-0.39, 0.29) is 5.82 Å². The normalized spacial score (nSPS) is 10.8. The van der Waals surface area contributed by atoms with Crippen LogP contribution in [0.1, 0.15) is 5.82 Å². The molecule has 0 radical (unpaired) electrons. The summed E-state index contributed by atoms with van der Waals surface area (Å²) in [5.74, 6) is 1.72. The van der Waals surface area contributed by atoms with Crippen LogP contribution >= 0.6 is 0 Å². The van der Waals surface area contributed by atoms with Gasteiger partial charge in [0.1, 0.15) is 23.1 Å². The number of ether oxygens (including phenoxy) is 2. The molecule has 0 amide bonds. The molecule has 1 aromatic carbocycles. The second kappa shape index (κ2) is 7.63. The fourth-order valence-corrected chi connectivity index (χ4v) is 2.92. The lowest BCUT2D eigenvalue weighted by Crippen LogP contribution is -2.02. The van der Waals surface area contributed by atoms with Crippen LogP contribution in [0, 0.1) is 12.7 Å². The monoisotopic (exact) mass is 392 g/mol. The van der Waals surface area contributed by atoms with Crippen LogP contribution in [-0.4, -0.2) is 43.9 Å². The number of rotatable bonds is 5. The summed E-state index contributed by atoms with van der Waals surface area (Å²) in [5.41, 5.74) is 2.50. The maximum absolute atomic E-state index is 13.4. The van der Waals surface area contributed by atoms with E-state index in [1.165, 1.54) is 19.2 Å². The first kappa shape index (κ1) is 18.5. The summed E-state index contributed by atoms with van der Waals surface area (Å²) in [4.78, 5) is 13.2. The van der Waals surface area contributed by atoms with E-state index in [1.54, 1.807) is 37.8 Å². The van der Waals surface area contributed by atoms with Gasteiger partial charge >= 0.3 is 0 Å². The van der Waals surface area contributed by atoms with Crippen LogP contribution in [0.2, 0.25) is 0 Å². The van der Waals surface area contributed by atoms with Crippen molar-refractivity contribution in [3.05, 3.63) is 60.6 Å². The van der Waals surface area contributed by atoms with Crippen molar-refractivity contribution in [2.45, 2.75) is 6.92 Å². The van der Waals surface area contributed by atoms with Crippen molar-refractivity contribution >= 4 is 0 Å². The number of methoxy groups -OCH3 is 2. The van der Waals surface area contributed by atoms with Crippen molar-refractivity contribution in [3.8, 4) is 40.1 Å². The van der Waals surface area contributed by atoms with Crippen molar-refractivity contribution in [1.82, 2.24) is 29.7 Å². The van der Waals surface area contributed by atoms with Crippen LogP contribution in [0.5, 0.6) is 11.6 Å². The van der Waals surface area contributed by atoms with E-state index in [0.717, 1.165) is 5.69 Å². The smallest absolute Gasteiger partial charge is 0.213 e. The molecule has 8 nitrogen and oxygen atoms in total. The molecule has 0 atom stereocenters. The summed E-state index contributed by atoms with van der Waals surface area (Å²) in [6.07, 6.45) is 4.85. The van der Waals surface area contributed by atoms with E-state index in [1.807, 2.05) is 17.6 Å². The predicted octanol–water partition coefficient (Wildman–Crippen LogP) is 3.25. The molecule has 9 heteroatoms. The number of benzene rings is 1. The second-order valence-electron chi connectivity index (χ2n) is 6.10. The Hall–Kier alpha value is -3.88. The number of aromatic nitrogens is 6. The van der Waals surface area contributed by atoms with Gasteiger partial charge in [0.2, 0.25) is 5.88 Å². The molecule has 4 aromatic rings. The number of hydrogen-bond acceptors (Lipinski definition) is 7. The molecular weight excluding hydrogens is 375 g/mol. The molecule has 146 valence electrons. The molecule has 4 rings (SSSR count). The first-order valence-electron chi connectivity index (χ1n) is 8.69. The van der Waals surface area contributed by atoms with Crippen molar-refractivity contribution < 1.29 is 13.9 Å². The summed E-state index contributed by atoms with van der Waals surface area (Å²) >= 11 is 0. The van der Waals surface area contributed by atoms with E-state index in [2.05, 4.69) is 25.1 Å². The van der Waals surface area contributed by atoms with E-state index in [0.29, 0.717) is 40.2 Å². The Labute approximate surface area is 166 Å². The molecule has 0 aliphatic carbocycles. The van der Waals surface area contributed by atoms with Crippen molar-refractivity contribution in [2.24, 2.45) is 0 Å². The number of halogens is 1. The van der Waals surface area contributed by atoms with Gasteiger partial charge < -0.3 is 9.47 Å². The van der Waals surface area contributed by atoms with Crippen LogP contribution < -0.4 is 9.47 Å². The first-order valence-corrected chi connectivity index (χ1v) is 8.69. The van der Waals surface area contributed by atoms with Gasteiger partial charge in [-0.2, -0.15) is 0 Å². The molecule has 29 heavy (non-hydrogen) atoms. The van der Waals surface area contributed by atoms with Gasteiger partial charge in [0.15, 0.2) is 5.82 Å². The molecule has 0 unspecified atom stereocenters. The zero-order valence-corrected chi connectivity index (χ0v) is 16.0. The van der Waals surface area contributed by atoms with Gasteiger partial charge in [-0.25, -0.2) is 14.4 Å². The average Bonchev–Trinajstić information content (AvgIpc) is 3.15. The minimum Gasteiger partial charge on any atom is -0.496 e. The Bertz CT molecular complexity index is 1140. The van der Waals surface area contributed by atoms with Gasteiger partial charge in [-0.1, -0.05) is 0 Å². The number of aryl methyl sites for hydroxylation is 1. The van der Waals surface area contributed by atoms with Crippen LogP contribution in [0.4, 0.5) is 4.39 Å². The van der Waals surface area contributed by atoms with Gasteiger partial charge in [0.05, 0.1) is 44.2 Å². The molecule has 0 saturated heterocycles. The zero-order valence-electron chi connectivity index (χ0n) is 16.0. The highest BCUT2D eigenvalue weighted by molar-refractivity contribution is 5.67. The highest BCUT2D eigenvalue weighted by atomic mass is 19.1. The predicted molar refractivity (Wildman–Crippen MR) is 103 cm³/mol. The molecule has 0 spiro atoms. The van der Waals surface area contributed by atoms with Gasteiger partial charge in [0, 0.05) is 17.7 Å². The Kier molecular flexibility index (Phi) is 4.86. The molecule has 0 N–H and O–H groups in total. The van der Waals surface area contributed by atoms with Gasteiger partial charge in [-0.3, -0.25) is 9.55 Å². The highest BCUT2D eigenvalue weighted by Crippen LogP contribution is 2.29. The van der Waals surface area contributed by atoms with Gasteiger partial charge in [-0.15, -0.1) is 10.2 Å². The lowest BCUT2D eigenvalue weighted by Gasteiger charge is -2.10. The lowest BCUT2D eigenvalue weighted by molar-refractivity contribution is 0.398. The van der Waals surface area contributed by atoms with E-state index >= 15 is 0 Å². The Morgan fingerprint density at radius 2 is 1.66 bits per heavy atom. The van der Waals surface area contributed by atoms with Crippen LogP contribution in [0.25, 0.3) is 28.5 Å². The standard InChI is InChI=1S/C20H17FN6O2/c1-12-25-26-20(27(12)14-5-7-19(29-3)24-9-14)17-11-22-16(10-23-17)15-6-4-13(21)8-18(15)28-2/h4-11H,1-3H3. The average molecular weight is 392 g/mol. The summed E-state index contributed by atoms with van der Waals surface area (Å²) in [5, 5.41) is 8.38. The largest absolute Gasteiger partial charge is 0.496 e. The second-order valence-corrected chi connectivity index (χ2v) is 6.10. The molecule has 3 aromatic heterocycles. The third kappa shape index (κ3) is 3.49. The Balaban J connectivity index is 1.72. The zero-order chi connectivity index (χ0) is 20.4. The minimum atomic E-state index is -0.383. The maximum Gasteiger partial charge on any atom is 0.213 e. The Morgan fingerprint density at radius 3 is 2.31 bits per heavy atom. The quantitative estimate of drug-likeness (QED) is 0.515. The SMILES string of the molecule is COc1ccc(-n2c(C)nnc2-c2cnc(-c3ccc(F)cc3OC)cn2)cn1. The maximum atomic E-state index is 13.4. The first-order chi connectivity index (χ1) is 14.1. The minimum absolute atomic E-state index is 0.383. The lowest BCUT2D eigenvalue weighted by atomic mass is 10.1. The number of hydrogen-bond donors (Lipinski definition) is 0.